The summed E-state index contributed by atoms with van der Waals surface area (Å²) in [4.78, 5) is 39.5. The van der Waals surface area contributed by atoms with Crippen molar-refractivity contribution in [3.63, 3.8) is 0 Å². The Morgan fingerprint density at radius 2 is 2.18 bits per heavy atom. The minimum atomic E-state index is -0.715. The average Bonchev–Trinajstić information content (AvgIpc) is 2.34. The van der Waals surface area contributed by atoms with Gasteiger partial charge in [0, 0.05) is 18.0 Å². The highest BCUT2D eigenvalue weighted by Crippen LogP contribution is 2.15. The molecule has 17 heavy (non-hydrogen) atoms. The third-order valence-corrected chi connectivity index (χ3v) is 2.66. The van der Waals surface area contributed by atoms with Crippen LogP contribution in [0, 0.1) is 0 Å². The van der Waals surface area contributed by atoms with Crippen LogP contribution in [0.4, 0.5) is 0 Å². The molecule has 0 radical (unpaired) electrons. The molecular formula is C9H6N4O3S. The van der Waals surface area contributed by atoms with Gasteiger partial charge >= 0.3 is 5.69 Å². The third-order valence-electron chi connectivity index (χ3n) is 1.77. The van der Waals surface area contributed by atoms with E-state index in [2.05, 4.69) is 10.1 Å². The van der Waals surface area contributed by atoms with E-state index in [0.29, 0.717) is 17.3 Å². The van der Waals surface area contributed by atoms with Crippen LogP contribution in [-0.4, -0.2) is 25.3 Å². The molecule has 7 nitrogen and oxygen atoms in total. The zero-order valence-electron chi connectivity index (χ0n) is 8.34. The second kappa shape index (κ2) is 4.74. The summed E-state index contributed by atoms with van der Waals surface area (Å²) in [6.45, 7) is 0. The van der Waals surface area contributed by atoms with Gasteiger partial charge < -0.3 is 0 Å². The van der Waals surface area contributed by atoms with Crippen LogP contribution < -0.4 is 11.2 Å². The van der Waals surface area contributed by atoms with Gasteiger partial charge in [-0.2, -0.15) is 5.10 Å². The lowest BCUT2D eigenvalue weighted by molar-refractivity contribution is 0.108. The number of aromatic amines is 2. The molecule has 8 heteroatoms. The van der Waals surface area contributed by atoms with Gasteiger partial charge in [0.2, 0.25) is 5.12 Å². The van der Waals surface area contributed by atoms with Crippen LogP contribution >= 0.6 is 11.8 Å². The number of carbonyl (C=O) groups is 1. The molecule has 86 valence electrons. The Kier molecular flexibility index (Phi) is 3.15. The first kappa shape index (κ1) is 11.3. The lowest BCUT2D eigenvalue weighted by atomic mass is 10.3. The summed E-state index contributed by atoms with van der Waals surface area (Å²) in [7, 11) is 0. The Balaban J connectivity index is 2.25. The van der Waals surface area contributed by atoms with Gasteiger partial charge in [0.05, 0.1) is 0 Å². The highest BCUT2D eigenvalue weighted by atomic mass is 32.2. The van der Waals surface area contributed by atoms with Gasteiger partial charge in [-0.1, -0.05) is 0 Å². The van der Waals surface area contributed by atoms with Gasteiger partial charge in [0.25, 0.3) is 5.56 Å². The van der Waals surface area contributed by atoms with Crippen LogP contribution in [0.2, 0.25) is 0 Å². The zero-order chi connectivity index (χ0) is 12.3. The minimum Gasteiger partial charge on any atom is -0.281 e. The monoisotopic (exact) mass is 250 g/mol. The zero-order valence-corrected chi connectivity index (χ0v) is 9.15. The van der Waals surface area contributed by atoms with E-state index in [1.807, 2.05) is 10.1 Å². The number of pyridine rings is 1. The predicted molar refractivity (Wildman–Crippen MR) is 59.9 cm³/mol. The van der Waals surface area contributed by atoms with E-state index in [4.69, 9.17) is 0 Å². The van der Waals surface area contributed by atoms with Crippen molar-refractivity contribution in [2.24, 2.45) is 0 Å². The van der Waals surface area contributed by atoms with E-state index in [0.717, 1.165) is 0 Å². The van der Waals surface area contributed by atoms with Crippen molar-refractivity contribution in [2.45, 2.75) is 5.03 Å². The van der Waals surface area contributed by atoms with Gasteiger partial charge in [0.15, 0.2) is 5.03 Å². The Morgan fingerprint density at radius 1 is 1.35 bits per heavy atom. The maximum Gasteiger partial charge on any atom is 0.342 e. The topological polar surface area (TPSA) is 109 Å². The fourth-order valence-electron chi connectivity index (χ4n) is 1.04. The molecule has 0 spiro atoms. The van der Waals surface area contributed by atoms with Crippen LogP contribution in [0.1, 0.15) is 10.4 Å². The van der Waals surface area contributed by atoms with E-state index >= 15 is 0 Å². The summed E-state index contributed by atoms with van der Waals surface area (Å²) in [6, 6.07) is 3.18. The molecule has 0 aliphatic rings. The standard InChI is InChI=1S/C9H6N4O3S/c14-6-7(12-13-9(16)11-6)17-8(15)5-2-1-3-10-4-5/h1-4H,(H2,11,13,14,16). The van der Waals surface area contributed by atoms with Crippen LogP contribution in [0.25, 0.3) is 0 Å². The first-order valence-corrected chi connectivity index (χ1v) is 5.29. The molecule has 2 rings (SSSR count). The molecule has 0 aromatic carbocycles. The van der Waals surface area contributed by atoms with E-state index < -0.39 is 11.2 Å². The van der Waals surface area contributed by atoms with Crippen molar-refractivity contribution in [2.75, 3.05) is 0 Å². The highest BCUT2D eigenvalue weighted by Gasteiger charge is 2.12. The van der Waals surface area contributed by atoms with Gasteiger partial charge in [-0.25, -0.2) is 9.89 Å². The highest BCUT2D eigenvalue weighted by molar-refractivity contribution is 8.14. The minimum absolute atomic E-state index is 0.113. The normalized spacial score (nSPS) is 10.1. The fraction of sp³-hybridized carbons (Fsp3) is 0. The Hall–Kier alpha value is -2.22. The summed E-state index contributed by atoms with van der Waals surface area (Å²) in [5.74, 6) is 0. The molecule has 0 amide bonds. The van der Waals surface area contributed by atoms with E-state index in [1.54, 1.807) is 12.1 Å². The Bertz CT molecular complexity index is 649. The van der Waals surface area contributed by atoms with Gasteiger partial charge in [-0.3, -0.25) is 19.6 Å². The molecule has 0 bridgehead atoms. The predicted octanol–water partition coefficient (Wildman–Crippen LogP) is -0.214. The number of carbonyl (C=O) groups excluding carboxylic acids is 1. The molecular weight excluding hydrogens is 244 g/mol. The van der Waals surface area contributed by atoms with Crippen LogP contribution in [0.15, 0.2) is 39.1 Å². The van der Waals surface area contributed by atoms with E-state index in [1.165, 1.54) is 12.4 Å². The molecule has 2 aromatic heterocycles. The molecule has 2 N–H and O–H groups in total. The number of aromatic nitrogens is 4. The summed E-state index contributed by atoms with van der Waals surface area (Å²) in [5, 5.41) is 5.05. The summed E-state index contributed by atoms with van der Waals surface area (Å²) >= 11 is 0.628. The molecule has 0 aliphatic heterocycles. The van der Waals surface area contributed by atoms with Crippen molar-refractivity contribution in [1.29, 1.82) is 0 Å². The maximum atomic E-state index is 11.7. The largest absolute Gasteiger partial charge is 0.342 e. The number of nitrogens with one attached hydrogen (secondary N) is 2. The number of nitrogens with zero attached hydrogens (tertiary/aromatic N) is 2. The van der Waals surface area contributed by atoms with E-state index in [-0.39, 0.29) is 10.1 Å². The van der Waals surface area contributed by atoms with E-state index in [9.17, 15) is 14.4 Å². The molecule has 0 fully saturated rings. The lowest BCUT2D eigenvalue weighted by Gasteiger charge is -1.97. The number of thioether (sulfide) groups is 1. The summed E-state index contributed by atoms with van der Waals surface area (Å²) in [6.07, 6.45) is 2.92. The van der Waals surface area contributed by atoms with Crippen molar-refractivity contribution in [3.05, 3.63) is 50.9 Å². The fourth-order valence-corrected chi connectivity index (χ4v) is 1.69. The second-order valence-electron chi connectivity index (χ2n) is 2.94. The first-order valence-electron chi connectivity index (χ1n) is 4.48. The number of hydrogen-bond acceptors (Lipinski definition) is 6. The quantitative estimate of drug-likeness (QED) is 0.713. The maximum absolute atomic E-state index is 11.7. The summed E-state index contributed by atoms with van der Waals surface area (Å²) in [5.41, 5.74) is -1.06. The van der Waals surface area contributed by atoms with Crippen LogP contribution in [0.3, 0.4) is 0 Å². The van der Waals surface area contributed by atoms with Crippen molar-refractivity contribution in [3.8, 4) is 0 Å². The molecule has 0 unspecified atom stereocenters. The smallest absolute Gasteiger partial charge is 0.281 e. The molecule has 0 aliphatic carbocycles. The van der Waals surface area contributed by atoms with Crippen molar-refractivity contribution < 1.29 is 4.79 Å². The first-order chi connectivity index (χ1) is 8.16. The van der Waals surface area contributed by atoms with Crippen LogP contribution in [0.5, 0.6) is 0 Å². The van der Waals surface area contributed by atoms with Gasteiger partial charge in [0.1, 0.15) is 0 Å². The molecule has 2 aromatic rings. The Morgan fingerprint density at radius 3 is 2.82 bits per heavy atom. The number of hydrogen-bond donors (Lipinski definition) is 2. The van der Waals surface area contributed by atoms with Gasteiger partial charge in [-0.05, 0) is 23.9 Å². The molecule has 0 saturated heterocycles. The van der Waals surface area contributed by atoms with Crippen LogP contribution in [-0.2, 0) is 0 Å². The summed E-state index contributed by atoms with van der Waals surface area (Å²) < 4.78 is 0. The van der Waals surface area contributed by atoms with Crippen molar-refractivity contribution in [1.82, 2.24) is 20.2 Å². The lowest BCUT2D eigenvalue weighted by Crippen LogP contribution is -2.25. The molecule has 0 saturated carbocycles. The van der Waals surface area contributed by atoms with Crippen molar-refractivity contribution >= 4 is 16.9 Å². The number of H-pyrrole nitrogens is 2. The SMILES string of the molecule is O=C(Sc1n[nH]c(=O)[nH]c1=O)c1cccnc1. The third kappa shape index (κ3) is 2.67. The Labute approximate surface area is 98.3 Å². The second-order valence-corrected chi connectivity index (χ2v) is 3.90. The molecule has 0 atom stereocenters. The van der Waals surface area contributed by atoms with Gasteiger partial charge in [-0.15, -0.1) is 0 Å². The number of rotatable bonds is 2. The molecule has 2 heterocycles. The average molecular weight is 250 g/mol.